The van der Waals surface area contributed by atoms with Gasteiger partial charge in [-0.3, -0.25) is 0 Å². The van der Waals surface area contributed by atoms with Crippen LogP contribution in [0.4, 0.5) is 4.39 Å². The third-order valence-electron chi connectivity index (χ3n) is 3.66. The van der Waals surface area contributed by atoms with Gasteiger partial charge in [-0.25, -0.2) is 4.39 Å². The molecule has 0 saturated carbocycles. The van der Waals surface area contributed by atoms with E-state index in [0.29, 0.717) is 11.1 Å². The van der Waals surface area contributed by atoms with E-state index in [0.717, 1.165) is 19.3 Å². The van der Waals surface area contributed by atoms with Gasteiger partial charge in [0.15, 0.2) is 0 Å². The maximum Gasteiger partial charge on any atom is 0.126 e. The first-order chi connectivity index (χ1) is 9.15. The van der Waals surface area contributed by atoms with E-state index in [4.69, 9.17) is 0 Å². The largest absolute Gasteiger partial charge is 0.388 e. The van der Waals surface area contributed by atoms with Crippen LogP contribution in [0.25, 0.3) is 0 Å². The minimum Gasteiger partial charge on any atom is -0.388 e. The molecule has 1 unspecified atom stereocenters. The molecule has 1 aromatic rings. The summed E-state index contributed by atoms with van der Waals surface area (Å²) in [5.74, 6) is -0.226. The number of halogens is 1. The lowest BCUT2D eigenvalue weighted by molar-refractivity contribution is 0.163. The van der Waals surface area contributed by atoms with Gasteiger partial charge in [0.05, 0.1) is 6.10 Å². The highest BCUT2D eigenvalue weighted by atomic mass is 19.1. The Bertz CT molecular complexity index is 362. The number of hydrogen-bond donors (Lipinski definition) is 1. The summed E-state index contributed by atoms with van der Waals surface area (Å²) < 4.78 is 13.4. The molecule has 2 heteroatoms. The fourth-order valence-corrected chi connectivity index (χ4v) is 2.28. The number of aliphatic hydroxyl groups is 1. The zero-order chi connectivity index (χ0) is 14.1. The van der Waals surface area contributed by atoms with E-state index < -0.39 is 6.10 Å². The molecule has 108 valence electrons. The average Bonchev–Trinajstić information content (AvgIpc) is 2.40. The Labute approximate surface area is 116 Å². The molecule has 0 saturated heterocycles. The van der Waals surface area contributed by atoms with Crippen molar-refractivity contribution >= 4 is 0 Å². The van der Waals surface area contributed by atoms with Crippen molar-refractivity contribution in [2.75, 3.05) is 0 Å². The number of benzene rings is 1. The third kappa shape index (κ3) is 6.20. The molecule has 0 heterocycles. The van der Waals surface area contributed by atoms with Crippen molar-refractivity contribution < 1.29 is 9.50 Å². The maximum absolute atomic E-state index is 13.4. The summed E-state index contributed by atoms with van der Waals surface area (Å²) in [6.45, 7) is 3.96. The molecule has 0 aliphatic heterocycles. The van der Waals surface area contributed by atoms with Gasteiger partial charge in [0.1, 0.15) is 5.82 Å². The Morgan fingerprint density at radius 3 is 2.32 bits per heavy atom. The van der Waals surface area contributed by atoms with Crippen LogP contribution in [-0.2, 0) is 0 Å². The summed E-state index contributed by atoms with van der Waals surface area (Å²) >= 11 is 0. The molecular formula is C17H27FO. The summed E-state index contributed by atoms with van der Waals surface area (Å²) in [6.07, 6.45) is 8.85. The molecule has 0 spiro atoms. The molecule has 0 aliphatic carbocycles. The van der Waals surface area contributed by atoms with Crippen molar-refractivity contribution in [3.63, 3.8) is 0 Å². The molecular weight excluding hydrogens is 239 g/mol. The lowest BCUT2D eigenvalue weighted by atomic mass is 10.0. The van der Waals surface area contributed by atoms with Crippen LogP contribution in [0.3, 0.4) is 0 Å². The quantitative estimate of drug-likeness (QED) is 0.601. The van der Waals surface area contributed by atoms with Gasteiger partial charge < -0.3 is 5.11 Å². The number of aliphatic hydroxyl groups excluding tert-OH is 1. The summed E-state index contributed by atoms with van der Waals surface area (Å²) in [5, 5.41) is 10.0. The second kappa shape index (κ2) is 9.08. The van der Waals surface area contributed by atoms with E-state index in [-0.39, 0.29) is 5.82 Å². The highest BCUT2D eigenvalue weighted by Gasteiger charge is 2.09. The molecule has 0 radical (unpaired) electrons. The van der Waals surface area contributed by atoms with Gasteiger partial charge in [-0.05, 0) is 30.5 Å². The Hall–Kier alpha value is -0.890. The van der Waals surface area contributed by atoms with Crippen LogP contribution < -0.4 is 0 Å². The van der Waals surface area contributed by atoms with Crippen molar-refractivity contribution in [3.05, 3.63) is 35.1 Å². The van der Waals surface area contributed by atoms with E-state index >= 15 is 0 Å². The fraction of sp³-hybridized carbons (Fsp3) is 0.647. The molecule has 1 atom stereocenters. The average molecular weight is 266 g/mol. The predicted molar refractivity (Wildman–Crippen MR) is 78.7 cm³/mol. The van der Waals surface area contributed by atoms with Crippen molar-refractivity contribution in [2.24, 2.45) is 0 Å². The molecule has 0 fully saturated rings. The van der Waals surface area contributed by atoms with E-state index in [9.17, 15) is 9.50 Å². The predicted octanol–water partition coefficient (Wildman–Crippen LogP) is 5.31. The lowest BCUT2D eigenvalue weighted by Crippen LogP contribution is -1.99. The Kier molecular flexibility index (Phi) is 7.73. The van der Waals surface area contributed by atoms with Gasteiger partial charge in [0, 0.05) is 0 Å². The fourth-order valence-electron chi connectivity index (χ4n) is 2.28. The monoisotopic (exact) mass is 266 g/mol. The van der Waals surface area contributed by atoms with Crippen LogP contribution in [0.1, 0.15) is 75.5 Å². The second-order valence-electron chi connectivity index (χ2n) is 5.43. The van der Waals surface area contributed by atoms with Crippen LogP contribution in [0.5, 0.6) is 0 Å². The highest BCUT2D eigenvalue weighted by molar-refractivity contribution is 5.24. The van der Waals surface area contributed by atoms with Crippen LogP contribution in [0, 0.1) is 12.7 Å². The standard InChI is InChI=1S/C17H27FO/c1-3-4-5-6-7-8-9-10-17(19)15-12-11-14(2)16(18)13-15/h11-13,17,19H,3-10H2,1-2H3. The smallest absolute Gasteiger partial charge is 0.126 e. The molecule has 1 rings (SSSR count). The van der Waals surface area contributed by atoms with Gasteiger partial charge in [-0.15, -0.1) is 0 Å². The van der Waals surface area contributed by atoms with E-state index in [1.54, 1.807) is 13.0 Å². The minimum absolute atomic E-state index is 0.226. The minimum atomic E-state index is -0.522. The molecule has 1 nitrogen and oxygen atoms in total. The Morgan fingerprint density at radius 1 is 1.05 bits per heavy atom. The Morgan fingerprint density at radius 2 is 1.68 bits per heavy atom. The highest BCUT2D eigenvalue weighted by Crippen LogP contribution is 2.22. The molecule has 1 N–H and O–H groups in total. The van der Waals surface area contributed by atoms with Gasteiger partial charge in [-0.1, -0.05) is 64.0 Å². The number of unbranched alkanes of at least 4 members (excludes halogenated alkanes) is 6. The Balaban J connectivity index is 2.20. The molecule has 0 aliphatic rings. The molecule has 0 aromatic heterocycles. The number of rotatable bonds is 9. The summed E-state index contributed by atoms with van der Waals surface area (Å²) in [7, 11) is 0. The van der Waals surface area contributed by atoms with E-state index in [1.165, 1.54) is 38.2 Å². The molecule has 1 aromatic carbocycles. The van der Waals surface area contributed by atoms with Gasteiger partial charge >= 0.3 is 0 Å². The first kappa shape index (κ1) is 16.2. The summed E-state index contributed by atoms with van der Waals surface area (Å²) in [4.78, 5) is 0. The van der Waals surface area contributed by atoms with Gasteiger partial charge in [0.25, 0.3) is 0 Å². The first-order valence-corrected chi connectivity index (χ1v) is 7.59. The van der Waals surface area contributed by atoms with E-state index in [2.05, 4.69) is 6.92 Å². The third-order valence-corrected chi connectivity index (χ3v) is 3.66. The number of hydrogen-bond acceptors (Lipinski definition) is 1. The lowest BCUT2D eigenvalue weighted by Gasteiger charge is -2.11. The van der Waals surface area contributed by atoms with Crippen molar-refractivity contribution in [1.82, 2.24) is 0 Å². The van der Waals surface area contributed by atoms with Crippen LogP contribution in [0.2, 0.25) is 0 Å². The van der Waals surface area contributed by atoms with Crippen LogP contribution in [0.15, 0.2) is 18.2 Å². The summed E-state index contributed by atoms with van der Waals surface area (Å²) in [6, 6.07) is 5.02. The maximum atomic E-state index is 13.4. The molecule has 0 amide bonds. The van der Waals surface area contributed by atoms with Gasteiger partial charge in [-0.2, -0.15) is 0 Å². The normalized spacial score (nSPS) is 12.6. The van der Waals surface area contributed by atoms with Crippen molar-refractivity contribution in [2.45, 2.75) is 71.3 Å². The zero-order valence-corrected chi connectivity index (χ0v) is 12.3. The van der Waals surface area contributed by atoms with Gasteiger partial charge in [0.2, 0.25) is 0 Å². The van der Waals surface area contributed by atoms with E-state index in [1.807, 2.05) is 6.07 Å². The zero-order valence-electron chi connectivity index (χ0n) is 12.3. The topological polar surface area (TPSA) is 20.2 Å². The molecule has 0 bridgehead atoms. The second-order valence-corrected chi connectivity index (χ2v) is 5.43. The number of aryl methyl sites for hydroxylation is 1. The first-order valence-electron chi connectivity index (χ1n) is 7.59. The molecule has 19 heavy (non-hydrogen) atoms. The van der Waals surface area contributed by atoms with Crippen molar-refractivity contribution in [1.29, 1.82) is 0 Å². The van der Waals surface area contributed by atoms with Crippen LogP contribution >= 0.6 is 0 Å². The SMILES string of the molecule is CCCCCCCCCC(O)c1ccc(C)c(F)c1. The van der Waals surface area contributed by atoms with Crippen LogP contribution in [-0.4, -0.2) is 5.11 Å². The summed E-state index contributed by atoms with van der Waals surface area (Å²) in [5.41, 5.74) is 1.33. The van der Waals surface area contributed by atoms with Crippen molar-refractivity contribution in [3.8, 4) is 0 Å².